The maximum Gasteiger partial charge on any atom is 0.100 e. The van der Waals surface area contributed by atoms with Gasteiger partial charge in [-0.2, -0.15) is 0 Å². The summed E-state index contributed by atoms with van der Waals surface area (Å²) < 4.78 is 0. The predicted octanol–water partition coefficient (Wildman–Crippen LogP) is 1.34. The molecule has 0 saturated heterocycles. The molecule has 0 aliphatic heterocycles. The molecular formula is C6H11O2. The monoisotopic (exact) mass is 115 g/mol. The Kier molecular flexibility index (Phi) is 4.61. The van der Waals surface area contributed by atoms with Crippen LogP contribution in [-0.2, 0) is 9.78 Å². The molecule has 0 aliphatic rings. The van der Waals surface area contributed by atoms with E-state index in [9.17, 15) is 0 Å². The zero-order valence-electron chi connectivity index (χ0n) is 5.09. The van der Waals surface area contributed by atoms with Crippen molar-refractivity contribution in [3.8, 4) is 0 Å². The normalized spacial score (nSPS) is 9.88. The maximum atomic E-state index is 4.60. The third kappa shape index (κ3) is 5.66. The van der Waals surface area contributed by atoms with Crippen LogP contribution >= 0.6 is 0 Å². The van der Waals surface area contributed by atoms with Gasteiger partial charge in [-0.3, -0.25) is 0 Å². The molecule has 0 aromatic carbocycles. The minimum Gasteiger partial charge on any atom is -0.233 e. The molecule has 0 aliphatic carbocycles. The van der Waals surface area contributed by atoms with E-state index < -0.39 is 0 Å². The van der Waals surface area contributed by atoms with Gasteiger partial charge in [0.25, 0.3) is 0 Å². The van der Waals surface area contributed by atoms with E-state index in [0.717, 1.165) is 0 Å². The fraction of sp³-hybridized carbons (Fsp3) is 0.500. The van der Waals surface area contributed by atoms with E-state index in [2.05, 4.69) is 23.3 Å². The topological polar surface area (TPSA) is 18.5 Å². The summed E-state index contributed by atoms with van der Waals surface area (Å²) in [5, 5.41) is 0. The number of hydrogen-bond acceptors (Lipinski definition) is 2. The van der Waals surface area contributed by atoms with Gasteiger partial charge >= 0.3 is 0 Å². The fourth-order valence-electron chi connectivity index (χ4n) is 0.204. The largest absolute Gasteiger partial charge is 0.233 e. The van der Waals surface area contributed by atoms with Gasteiger partial charge in [0, 0.05) is 0 Å². The van der Waals surface area contributed by atoms with Crippen molar-refractivity contribution in [1.82, 2.24) is 0 Å². The highest BCUT2D eigenvalue weighted by Crippen LogP contribution is 1.86. The van der Waals surface area contributed by atoms with Crippen LogP contribution in [0.5, 0.6) is 0 Å². The summed E-state index contributed by atoms with van der Waals surface area (Å²) in [6.07, 6.45) is 1.50. The lowest BCUT2D eigenvalue weighted by Gasteiger charge is -2.02. The van der Waals surface area contributed by atoms with Crippen molar-refractivity contribution < 1.29 is 9.78 Å². The number of rotatable bonds is 4. The molecule has 0 bridgehead atoms. The molecule has 1 radical (unpaired) electrons. The predicted molar refractivity (Wildman–Crippen MR) is 32.1 cm³/mol. The van der Waals surface area contributed by atoms with Crippen molar-refractivity contribution in [2.24, 2.45) is 0 Å². The van der Waals surface area contributed by atoms with Crippen molar-refractivity contribution in [2.75, 3.05) is 6.61 Å². The van der Waals surface area contributed by atoms with E-state index in [4.69, 9.17) is 0 Å². The lowest BCUT2D eigenvalue weighted by atomic mass is 10.5. The molecule has 1 atom stereocenters. The second-order valence-electron chi connectivity index (χ2n) is 1.48. The van der Waals surface area contributed by atoms with Gasteiger partial charge in [0.05, 0.1) is 6.10 Å². The Morgan fingerprint density at radius 1 is 1.75 bits per heavy atom. The Balaban J connectivity index is 2.81. The summed E-state index contributed by atoms with van der Waals surface area (Å²) in [5.74, 6) is 0. The summed E-state index contributed by atoms with van der Waals surface area (Å²) in [7, 11) is 0. The molecule has 0 heterocycles. The van der Waals surface area contributed by atoms with E-state index in [1.54, 1.807) is 13.0 Å². The average Bonchev–Trinajstić information content (AvgIpc) is 1.66. The van der Waals surface area contributed by atoms with E-state index in [1.165, 1.54) is 0 Å². The molecule has 0 rings (SSSR count). The van der Waals surface area contributed by atoms with Crippen LogP contribution in [-0.4, -0.2) is 12.7 Å². The highest BCUT2D eigenvalue weighted by atomic mass is 17.2. The van der Waals surface area contributed by atoms with Crippen LogP contribution in [0.25, 0.3) is 0 Å². The Hall–Kier alpha value is -0.340. The number of hydrogen-bond donors (Lipinski definition) is 0. The molecule has 0 saturated carbocycles. The zero-order valence-corrected chi connectivity index (χ0v) is 5.09. The SMILES string of the molecule is [CH2]C(C)OOCC=C. The Labute approximate surface area is 50.0 Å². The lowest BCUT2D eigenvalue weighted by molar-refractivity contribution is -0.303. The smallest absolute Gasteiger partial charge is 0.100 e. The van der Waals surface area contributed by atoms with Crippen molar-refractivity contribution in [3.05, 3.63) is 19.6 Å². The van der Waals surface area contributed by atoms with Crippen molar-refractivity contribution in [2.45, 2.75) is 13.0 Å². The van der Waals surface area contributed by atoms with Crippen molar-refractivity contribution in [1.29, 1.82) is 0 Å². The first kappa shape index (κ1) is 7.66. The molecule has 2 nitrogen and oxygen atoms in total. The van der Waals surface area contributed by atoms with Gasteiger partial charge in [-0.25, -0.2) is 9.78 Å². The van der Waals surface area contributed by atoms with Crippen LogP contribution < -0.4 is 0 Å². The Morgan fingerprint density at radius 2 is 2.38 bits per heavy atom. The van der Waals surface area contributed by atoms with Crippen LogP contribution in [0.4, 0.5) is 0 Å². The molecule has 1 unspecified atom stereocenters. The van der Waals surface area contributed by atoms with E-state index in [1.807, 2.05) is 0 Å². The second kappa shape index (κ2) is 4.81. The average molecular weight is 115 g/mol. The molecule has 8 heavy (non-hydrogen) atoms. The standard InChI is InChI=1S/C6H11O2/c1-4-5-7-8-6(2)3/h4,6H,1-2,5H2,3H3. The molecule has 2 heteroatoms. The minimum absolute atomic E-state index is 0.116. The summed E-state index contributed by atoms with van der Waals surface area (Å²) >= 11 is 0. The van der Waals surface area contributed by atoms with Crippen molar-refractivity contribution in [3.63, 3.8) is 0 Å². The Morgan fingerprint density at radius 3 is 2.75 bits per heavy atom. The Bertz CT molecular complexity index is 59.5. The lowest BCUT2D eigenvalue weighted by Crippen LogP contribution is -2.03. The van der Waals surface area contributed by atoms with Crippen LogP contribution in [0.1, 0.15) is 6.92 Å². The highest BCUT2D eigenvalue weighted by Gasteiger charge is 1.89. The molecule has 47 valence electrons. The van der Waals surface area contributed by atoms with Gasteiger partial charge in [-0.05, 0) is 13.8 Å². The summed E-state index contributed by atoms with van der Waals surface area (Å²) in [4.78, 5) is 9.16. The molecule has 0 aromatic rings. The maximum absolute atomic E-state index is 4.60. The van der Waals surface area contributed by atoms with E-state index >= 15 is 0 Å². The molecule has 0 fully saturated rings. The van der Waals surface area contributed by atoms with Crippen LogP contribution in [0.3, 0.4) is 0 Å². The molecule has 0 amide bonds. The summed E-state index contributed by atoms with van der Waals surface area (Å²) in [5.41, 5.74) is 0. The van der Waals surface area contributed by atoms with Crippen LogP contribution in [0.2, 0.25) is 0 Å². The van der Waals surface area contributed by atoms with Crippen molar-refractivity contribution >= 4 is 0 Å². The zero-order chi connectivity index (χ0) is 6.41. The van der Waals surface area contributed by atoms with Gasteiger partial charge in [0.1, 0.15) is 6.61 Å². The first-order valence-corrected chi connectivity index (χ1v) is 2.49. The quantitative estimate of drug-likeness (QED) is 0.238. The minimum atomic E-state index is -0.116. The fourth-order valence-corrected chi connectivity index (χ4v) is 0.204. The van der Waals surface area contributed by atoms with Crippen LogP contribution in [0, 0.1) is 6.92 Å². The van der Waals surface area contributed by atoms with E-state index in [0.29, 0.717) is 6.61 Å². The van der Waals surface area contributed by atoms with E-state index in [-0.39, 0.29) is 6.10 Å². The van der Waals surface area contributed by atoms with Gasteiger partial charge in [0.2, 0.25) is 0 Å². The highest BCUT2D eigenvalue weighted by molar-refractivity contribution is 4.62. The second-order valence-corrected chi connectivity index (χ2v) is 1.48. The summed E-state index contributed by atoms with van der Waals surface area (Å²) in [6, 6.07) is 0. The third-order valence-corrected chi connectivity index (χ3v) is 0.418. The molecule has 0 aromatic heterocycles. The van der Waals surface area contributed by atoms with Gasteiger partial charge in [-0.15, -0.1) is 6.58 Å². The van der Waals surface area contributed by atoms with Gasteiger partial charge < -0.3 is 0 Å². The molecule has 0 spiro atoms. The molecular weight excluding hydrogens is 104 g/mol. The van der Waals surface area contributed by atoms with Gasteiger partial charge in [0.15, 0.2) is 0 Å². The third-order valence-electron chi connectivity index (χ3n) is 0.418. The first-order chi connectivity index (χ1) is 3.77. The first-order valence-electron chi connectivity index (χ1n) is 2.49. The summed E-state index contributed by atoms with van der Waals surface area (Å²) in [6.45, 7) is 9.17. The van der Waals surface area contributed by atoms with Gasteiger partial charge in [-0.1, -0.05) is 6.08 Å². The van der Waals surface area contributed by atoms with Crippen LogP contribution in [0.15, 0.2) is 12.7 Å². The molecule has 0 N–H and O–H groups in total.